The van der Waals surface area contributed by atoms with Crippen molar-refractivity contribution in [1.29, 1.82) is 0 Å². The number of rotatable bonds is 4. The standard InChI is InChI=1S/C18H18F3NO2/c1-3-4-12-5-8-16(23)14(10-12)17(24)22-15-7-6-13(9-11(15)2)18(19,20)21/h5-10,23H,3-4H2,1-2H3,(H,22,24). The average molecular weight is 337 g/mol. The maximum atomic E-state index is 12.7. The number of anilines is 1. The summed E-state index contributed by atoms with van der Waals surface area (Å²) in [6.45, 7) is 3.48. The zero-order valence-electron chi connectivity index (χ0n) is 13.4. The van der Waals surface area contributed by atoms with Gasteiger partial charge in [-0.05, 0) is 54.8 Å². The van der Waals surface area contributed by atoms with Gasteiger partial charge in [0.05, 0.1) is 11.1 Å². The molecule has 0 spiro atoms. The van der Waals surface area contributed by atoms with Crippen molar-refractivity contribution in [2.45, 2.75) is 32.9 Å². The summed E-state index contributed by atoms with van der Waals surface area (Å²) in [5.74, 6) is -0.731. The van der Waals surface area contributed by atoms with E-state index in [1.807, 2.05) is 6.92 Å². The first kappa shape index (κ1) is 17.8. The van der Waals surface area contributed by atoms with Gasteiger partial charge in [-0.3, -0.25) is 4.79 Å². The topological polar surface area (TPSA) is 49.3 Å². The van der Waals surface area contributed by atoms with Crippen LogP contribution in [0.5, 0.6) is 5.75 Å². The molecule has 2 rings (SSSR count). The van der Waals surface area contributed by atoms with Gasteiger partial charge in [0.25, 0.3) is 5.91 Å². The maximum absolute atomic E-state index is 12.7. The molecular weight excluding hydrogens is 319 g/mol. The molecule has 6 heteroatoms. The summed E-state index contributed by atoms with van der Waals surface area (Å²) in [4.78, 5) is 12.3. The summed E-state index contributed by atoms with van der Waals surface area (Å²) < 4.78 is 38.0. The summed E-state index contributed by atoms with van der Waals surface area (Å²) >= 11 is 0. The second kappa shape index (κ2) is 6.95. The van der Waals surface area contributed by atoms with Crippen molar-refractivity contribution in [3.8, 4) is 5.75 Å². The number of hydrogen-bond donors (Lipinski definition) is 2. The number of aromatic hydroxyl groups is 1. The second-order valence-corrected chi connectivity index (χ2v) is 5.58. The van der Waals surface area contributed by atoms with Crippen LogP contribution in [0.15, 0.2) is 36.4 Å². The Morgan fingerprint density at radius 1 is 1.17 bits per heavy atom. The average Bonchev–Trinajstić information content (AvgIpc) is 2.50. The third-order valence-corrected chi connectivity index (χ3v) is 3.65. The predicted molar refractivity (Wildman–Crippen MR) is 86.2 cm³/mol. The number of phenols is 1. The molecule has 0 unspecified atom stereocenters. The number of amides is 1. The van der Waals surface area contributed by atoms with Gasteiger partial charge in [0, 0.05) is 5.69 Å². The number of aryl methyl sites for hydroxylation is 2. The normalized spacial score (nSPS) is 11.4. The van der Waals surface area contributed by atoms with Gasteiger partial charge in [-0.25, -0.2) is 0 Å². The van der Waals surface area contributed by atoms with E-state index in [2.05, 4.69) is 5.32 Å². The van der Waals surface area contributed by atoms with Crippen LogP contribution in [0, 0.1) is 6.92 Å². The summed E-state index contributed by atoms with van der Waals surface area (Å²) in [6.07, 6.45) is -2.77. The van der Waals surface area contributed by atoms with E-state index in [1.54, 1.807) is 12.1 Å². The lowest BCUT2D eigenvalue weighted by Gasteiger charge is -2.13. The summed E-state index contributed by atoms with van der Waals surface area (Å²) in [7, 11) is 0. The fraction of sp³-hybridized carbons (Fsp3) is 0.278. The number of alkyl halides is 3. The van der Waals surface area contributed by atoms with Crippen LogP contribution in [-0.2, 0) is 12.6 Å². The molecule has 0 atom stereocenters. The van der Waals surface area contributed by atoms with Crippen molar-refractivity contribution in [1.82, 2.24) is 0 Å². The highest BCUT2D eigenvalue weighted by Crippen LogP contribution is 2.32. The van der Waals surface area contributed by atoms with Crippen LogP contribution in [0.1, 0.15) is 40.4 Å². The fourth-order valence-electron chi connectivity index (χ4n) is 2.38. The molecule has 0 saturated heterocycles. The van der Waals surface area contributed by atoms with Crippen molar-refractivity contribution in [2.24, 2.45) is 0 Å². The Morgan fingerprint density at radius 2 is 1.88 bits per heavy atom. The van der Waals surface area contributed by atoms with E-state index in [0.29, 0.717) is 5.56 Å². The largest absolute Gasteiger partial charge is 0.507 e. The van der Waals surface area contributed by atoms with Gasteiger partial charge in [0.2, 0.25) is 0 Å². The first-order valence-corrected chi connectivity index (χ1v) is 7.53. The molecule has 0 aliphatic heterocycles. The smallest absolute Gasteiger partial charge is 0.416 e. The Labute approximate surface area is 138 Å². The molecule has 0 fully saturated rings. The van der Waals surface area contributed by atoms with Crippen molar-refractivity contribution < 1.29 is 23.1 Å². The van der Waals surface area contributed by atoms with E-state index in [4.69, 9.17) is 0 Å². The molecule has 0 saturated carbocycles. The van der Waals surface area contributed by atoms with Crippen LogP contribution >= 0.6 is 0 Å². The SMILES string of the molecule is CCCc1ccc(O)c(C(=O)Nc2ccc(C(F)(F)F)cc2C)c1. The molecule has 0 radical (unpaired) electrons. The van der Waals surface area contributed by atoms with E-state index in [-0.39, 0.29) is 17.0 Å². The highest BCUT2D eigenvalue weighted by molar-refractivity contribution is 6.06. The van der Waals surface area contributed by atoms with Gasteiger partial charge >= 0.3 is 6.18 Å². The third kappa shape index (κ3) is 4.07. The Bertz CT molecular complexity index is 754. The Kier molecular flexibility index (Phi) is 5.17. The van der Waals surface area contributed by atoms with Crippen LogP contribution in [-0.4, -0.2) is 11.0 Å². The lowest BCUT2D eigenvalue weighted by molar-refractivity contribution is -0.137. The van der Waals surface area contributed by atoms with E-state index >= 15 is 0 Å². The van der Waals surface area contributed by atoms with Crippen LogP contribution in [0.3, 0.4) is 0 Å². The minimum atomic E-state index is -4.43. The number of hydrogen-bond acceptors (Lipinski definition) is 2. The third-order valence-electron chi connectivity index (χ3n) is 3.65. The van der Waals surface area contributed by atoms with Gasteiger partial charge in [-0.1, -0.05) is 19.4 Å². The molecule has 0 aliphatic carbocycles. The van der Waals surface area contributed by atoms with Crippen molar-refractivity contribution in [3.63, 3.8) is 0 Å². The quantitative estimate of drug-likeness (QED) is 0.831. The minimum Gasteiger partial charge on any atom is -0.507 e. The molecule has 0 bridgehead atoms. The lowest BCUT2D eigenvalue weighted by Crippen LogP contribution is -2.14. The molecule has 0 aromatic heterocycles. The van der Waals surface area contributed by atoms with Gasteiger partial charge in [-0.2, -0.15) is 13.2 Å². The Balaban J connectivity index is 2.25. The van der Waals surface area contributed by atoms with Gasteiger partial charge in [0.15, 0.2) is 0 Å². The molecule has 3 nitrogen and oxygen atoms in total. The molecule has 2 N–H and O–H groups in total. The number of carbonyl (C=O) groups is 1. The van der Waals surface area contributed by atoms with E-state index < -0.39 is 17.6 Å². The molecule has 24 heavy (non-hydrogen) atoms. The van der Waals surface area contributed by atoms with Crippen LogP contribution < -0.4 is 5.32 Å². The van der Waals surface area contributed by atoms with E-state index in [9.17, 15) is 23.1 Å². The molecule has 128 valence electrons. The van der Waals surface area contributed by atoms with Crippen molar-refractivity contribution >= 4 is 11.6 Å². The van der Waals surface area contributed by atoms with Crippen molar-refractivity contribution in [2.75, 3.05) is 5.32 Å². The number of nitrogens with one attached hydrogen (secondary N) is 1. The number of halogens is 3. The number of carbonyl (C=O) groups excluding carboxylic acids is 1. The monoisotopic (exact) mass is 337 g/mol. The lowest BCUT2D eigenvalue weighted by atomic mass is 10.0. The minimum absolute atomic E-state index is 0.0975. The molecule has 2 aromatic carbocycles. The summed E-state index contributed by atoms with van der Waals surface area (Å²) in [5.41, 5.74) is 0.798. The molecular formula is C18H18F3NO2. The summed E-state index contributed by atoms with van der Waals surface area (Å²) in [5, 5.41) is 12.4. The van der Waals surface area contributed by atoms with Crippen LogP contribution in [0.4, 0.5) is 18.9 Å². The fourth-order valence-corrected chi connectivity index (χ4v) is 2.38. The molecule has 2 aromatic rings. The zero-order chi connectivity index (χ0) is 17.9. The molecule has 0 heterocycles. The summed E-state index contributed by atoms with van der Waals surface area (Å²) in [6, 6.07) is 7.87. The highest BCUT2D eigenvalue weighted by Gasteiger charge is 2.30. The Morgan fingerprint density at radius 3 is 2.46 bits per heavy atom. The van der Waals surface area contributed by atoms with E-state index in [0.717, 1.165) is 30.5 Å². The van der Waals surface area contributed by atoms with E-state index in [1.165, 1.54) is 19.1 Å². The first-order chi connectivity index (χ1) is 11.2. The van der Waals surface area contributed by atoms with Crippen molar-refractivity contribution in [3.05, 3.63) is 58.7 Å². The Hall–Kier alpha value is -2.50. The zero-order valence-corrected chi connectivity index (χ0v) is 13.4. The first-order valence-electron chi connectivity index (χ1n) is 7.53. The number of phenolic OH excluding ortho intramolecular Hbond substituents is 1. The number of benzene rings is 2. The predicted octanol–water partition coefficient (Wildman–Crippen LogP) is 4.92. The molecule has 0 aliphatic rings. The van der Waals surface area contributed by atoms with Gasteiger partial charge in [0.1, 0.15) is 5.75 Å². The van der Waals surface area contributed by atoms with Gasteiger partial charge < -0.3 is 10.4 Å². The highest BCUT2D eigenvalue weighted by atomic mass is 19.4. The molecule has 1 amide bonds. The maximum Gasteiger partial charge on any atom is 0.416 e. The van der Waals surface area contributed by atoms with Crippen LogP contribution in [0.2, 0.25) is 0 Å². The second-order valence-electron chi connectivity index (χ2n) is 5.58. The van der Waals surface area contributed by atoms with Crippen LogP contribution in [0.25, 0.3) is 0 Å². The van der Waals surface area contributed by atoms with Gasteiger partial charge in [-0.15, -0.1) is 0 Å².